The van der Waals surface area contributed by atoms with E-state index in [1.165, 1.54) is 28.6 Å². The number of carbonyl (C=O) groups excluding carboxylic acids is 2. The quantitative estimate of drug-likeness (QED) is 0.640. The molecule has 1 saturated heterocycles. The molecule has 0 radical (unpaired) electrons. The summed E-state index contributed by atoms with van der Waals surface area (Å²) in [6.45, 7) is 3.47. The van der Waals surface area contributed by atoms with Gasteiger partial charge in [-0.05, 0) is 36.4 Å². The highest BCUT2D eigenvalue weighted by molar-refractivity contribution is 6.08. The number of rotatable bonds is 6. The van der Waals surface area contributed by atoms with Crippen LogP contribution < -0.4 is 10.3 Å². The van der Waals surface area contributed by atoms with E-state index in [9.17, 15) is 14.0 Å². The van der Waals surface area contributed by atoms with Crippen LogP contribution in [0.1, 0.15) is 16.1 Å². The lowest BCUT2D eigenvalue weighted by Gasteiger charge is -2.35. The fourth-order valence-corrected chi connectivity index (χ4v) is 3.62. The molecule has 0 saturated carbocycles. The number of ketones is 1. The number of aromatic nitrogens is 1. The highest BCUT2D eigenvalue weighted by Crippen LogP contribution is 2.16. The first-order valence-corrected chi connectivity index (χ1v) is 9.90. The average Bonchev–Trinajstić information content (AvgIpc) is 3.22. The first-order valence-electron chi connectivity index (χ1n) is 9.90. The van der Waals surface area contributed by atoms with Gasteiger partial charge in [-0.3, -0.25) is 24.6 Å². The summed E-state index contributed by atoms with van der Waals surface area (Å²) in [6, 6.07) is 19.2. The van der Waals surface area contributed by atoms with Crippen molar-refractivity contribution in [2.75, 3.05) is 43.0 Å². The highest BCUT2D eigenvalue weighted by Gasteiger charge is 2.21. The van der Waals surface area contributed by atoms with Crippen LogP contribution in [-0.2, 0) is 4.79 Å². The zero-order chi connectivity index (χ0) is 20.9. The number of amides is 1. The van der Waals surface area contributed by atoms with Gasteiger partial charge in [0.2, 0.25) is 5.78 Å². The number of piperazine rings is 1. The SMILES string of the molecule is O=C(CN1CCN(c2ccccc2)CC1)Nn1cccc1C(=O)c1ccccc1F. The van der Waals surface area contributed by atoms with E-state index in [1.807, 2.05) is 18.2 Å². The van der Waals surface area contributed by atoms with Crippen molar-refractivity contribution in [3.8, 4) is 0 Å². The van der Waals surface area contributed by atoms with Gasteiger partial charge in [0, 0.05) is 38.1 Å². The molecule has 30 heavy (non-hydrogen) atoms. The van der Waals surface area contributed by atoms with Crippen molar-refractivity contribution in [3.63, 3.8) is 0 Å². The summed E-state index contributed by atoms with van der Waals surface area (Å²) in [7, 11) is 0. The number of anilines is 1. The minimum atomic E-state index is -0.585. The Labute approximate surface area is 174 Å². The van der Waals surface area contributed by atoms with Gasteiger partial charge < -0.3 is 4.90 Å². The van der Waals surface area contributed by atoms with Gasteiger partial charge in [0.1, 0.15) is 11.5 Å². The number of carbonyl (C=O) groups is 2. The van der Waals surface area contributed by atoms with Gasteiger partial charge in [0.25, 0.3) is 5.91 Å². The van der Waals surface area contributed by atoms with Crippen molar-refractivity contribution < 1.29 is 14.0 Å². The summed E-state index contributed by atoms with van der Waals surface area (Å²) in [5, 5.41) is 0. The number of para-hydroxylation sites is 1. The third-order valence-electron chi connectivity index (χ3n) is 5.21. The zero-order valence-corrected chi connectivity index (χ0v) is 16.5. The molecule has 0 atom stereocenters. The van der Waals surface area contributed by atoms with Gasteiger partial charge >= 0.3 is 0 Å². The normalized spacial score (nSPS) is 14.5. The van der Waals surface area contributed by atoms with Gasteiger partial charge in [-0.25, -0.2) is 4.39 Å². The zero-order valence-electron chi connectivity index (χ0n) is 16.5. The smallest absolute Gasteiger partial charge is 0.252 e. The molecule has 7 heteroatoms. The maximum absolute atomic E-state index is 14.0. The van der Waals surface area contributed by atoms with Gasteiger partial charge in [-0.1, -0.05) is 30.3 Å². The molecule has 1 fully saturated rings. The molecule has 1 aromatic heterocycles. The third kappa shape index (κ3) is 4.41. The van der Waals surface area contributed by atoms with Crippen molar-refractivity contribution in [2.24, 2.45) is 0 Å². The van der Waals surface area contributed by atoms with Crippen LogP contribution in [0.3, 0.4) is 0 Å². The molecular formula is C23H23FN4O2. The van der Waals surface area contributed by atoms with E-state index in [-0.39, 0.29) is 23.7 Å². The van der Waals surface area contributed by atoms with Crippen molar-refractivity contribution in [2.45, 2.75) is 0 Å². The molecule has 2 heterocycles. The fourth-order valence-electron chi connectivity index (χ4n) is 3.62. The Morgan fingerprint density at radius 1 is 0.867 bits per heavy atom. The van der Waals surface area contributed by atoms with Crippen LogP contribution in [-0.4, -0.2) is 54.0 Å². The summed E-state index contributed by atoms with van der Waals surface area (Å²) in [6.07, 6.45) is 1.58. The molecule has 0 aliphatic carbocycles. The van der Waals surface area contributed by atoms with Crippen molar-refractivity contribution >= 4 is 17.4 Å². The second-order valence-electron chi connectivity index (χ2n) is 7.21. The molecule has 0 bridgehead atoms. The molecule has 1 aliphatic heterocycles. The maximum Gasteiger partial charge on any atom is 0.252 e. The van der Waals surface area contributed by atoms with E-state index in [0.29, 0.717) is 0 Å². The minimum Gasteiger partial charge on any atom is -0.369 e. The summed E-state index contributed by atoms with van der Waals surface area (Å²) in [5.41, 5.74) is 4.10. The number of hydrogen-bond acceptors (Lipinski definition) is 4. The van der Waals surface area contributed by atoms with Crippen LogP contribution in [0.4, 0.5) is 10.1 Å². The van der Waals surface area contributed by atoms with Gasteiger partial charge in [0.15, 0.2) is 0 Å². The molecule has 1 amide bonds. The van der Waals surface area contributed by atoms with Crippen LogP contribution in [0, 0.1) is 5.82 Å². The highest BCUT2D eigenvalue weighted by atomic mass is 19.1. The fraction of sp³-hybridized carbons (Fsp3) is 0.217. The number of nitrogens with zero attached hydrogens (tertiary/aromatic N) is 3. The lowest BCUT2D eigenvalue weighted by atomic mass is 10.1. The number of benzene rings is 2. The molecule has 154 valence electrons. The third-order valence-corrected chi connectivity index (χ3v) is 5.21. The van der Waals surface area contributed by atoms with Crippen LogP contribution in [0.5, 0.6) is 0 Å². The van der Waals surface area contributed by atoms with Crippen LogP contribution in [0.15, 0.2) is 72.9 Å². The number of hydrogen-bond donors (Lipinski definition) is 1. The summed E-state index contributed by atoms with van der Waals surface area (Å²) in [4.78, 5) is 29.6. The Morgan fingerprint density at radius 2 is 1.57 bits per heavy atom. The monoisotopic (exact) mass is 406 g/mol. The molecule has 4 rings (SSSR count). The van der Waals surface area contributed by atoms with E-state index in [2.05, 4.69) is 27.4 Å². The molecule has 1 aliphatic rings. The Balaban J connectivity index is 1.34. The number of nitrogens with one attached hydrogen (secondary N) is 1. The van der Waals surface area contributed by atoms with Gasteiger partial charge in [-0.2, -0.15) is 0 Å². The molecule has 1 N–H and O–H groups in total. The van der Waals surface area contributed by atoms with Crippen LogP contribution in [0.25, 0.3) is 0 Å². The van der Waals surface area contributed by atoms with Crippen molar-refractivity contribution in [3.05, 3.63) is 90.0 Å². The second kappa shape index (κ2) is 8.92. The largest absolute Gasteiger partial charge is 0.369 e. The number of halogens is 1. The molecular weight excluding hydrogens is 383 g/mol. The Morgan fingerprint density at radius 3 is 2.30 bits per heavy atom. The van der Waals surface area contributed by atoms with E-state index in [1.54, 1.807) is 24.4 Å². The molecule has 3 aromatic rings. The summed E-state index contributed by atoms with van der Waals surface area (Å²) >= 11 is 0. The molecule has 0 spiro atoms. The average molecular weight is 406 g/mol. The molecule has 0 unspecified atom stereocenters. The standard InChI is InChI=1S/C23H23FN4O2/c24-20-10-5-4-9-19(20)23(30)21-11-6-12-28(21)25-22(29)17-26-13-15-27(16-14-26)18-7-2-1-3-8-18/h1-12H,13-17H2,(H,25,29). The van der Waals surface area contributed by atoms with Gasteiger partial charge in [-0.15, -0.1) is 0 Å². The Hall–Kier alpha value is -3.45. The van der Waals surface area contributed by atoms with Crippen molar-refractivity contribution in [1.29, 1.82) is 0 Å². The molecule has 6 nitrogen and oxygen atoms in total. The first-order chi connectivity index (χ1) is 14.6. The Bertz CT molecular complexity index is 1030. The predicted octanol–water partition coefficient (Wildman–Crippen LogP) is 2.75. The molecule has 2 aromatic carbocycles. The lowest BCUT2D eigenvalue weighted by Crippen LogP contribution is -2.49. The minimum absolute atomic E-state index is 0.0243. The topological polar surface area (TPSA) is 57.6 Å². The second-order valence-corrected chi connectivity index (χ2v) is 7.21. The predicted molar refractivity (Wildman–Crippen MR) is 114 cm³/mol. The van der Waals surface area contributed by atoms with Crippen molar-refractivity contribution in [1.82, 2.24) is 9.58 Å². The summed E-state index contributed by atoms with van der Waals surface area (Å²) < 4.78 is 15.3. The van der Waals surface area contributed by atoms with E-state index >= 15 is 0 Å². The maximum atomic E-state index is 14.0. The van der Waals surface area contributed by atoms with E-state index in [4.69, 9.17) is 0 Å². The van der Waals surface area contributed by atoms with E-state index < -0.39 is 11.6 Å². The first kappa shape index (κ1) is 19.8. The van der Waals surface area contributed by atoms with E-state index in [0.717, 1.165) is 26.2 Å². The lowest BCUT2D eigenvalue weighted by molar-refractivity contribution is -0.118. The van der Waals surface area contributed by atoms with Crippen LogP contribution in [0.2, 0.25) is 0 Å². The Kier molecular flexibility index (Phi) is 5.90. The van der Waals surface area contributed by atoms with Gasteiger partial charge in [0.05, 0.1) is 12.1 Å². The van der Waals surface area contributed by atoms with Crippen LogP contribution >= 0.6 is 0 Å². The summed E-state index contributed by atoms with van der Waals surface area (Å²) in [5.74, 6) is -1.28.